The minimum Gasteiger partial charge on any atom is -0.459 e. The van der Waals surface area contributed by atoms with Gasteiger partial charge < -0.3 is 19.4 Å². The number of furan rings is 1. The fraction of sp³-hybridized carbons (Fsp3) is 0.571. The molecule has 5 nitrogen and oxygen atoms in total. The summed E-state index contributed by atoms with van der Waals surface area (Å²) in [5, 5.41) is 4.64. The van der Waals surface area contributed by atoms with Crippen LogP contribution in [-0.2, 0) is 11.3 Å². The van der Waals surface area contributed by atoms with Gasteiger partial charge in [0.2, 0.25) is 0 Å². The van der Waals surface area contributed by atoms with Crippen molar-refractivity contribution in [3.63, 3.8) is 0 Å². The third-order valence-electron chi connectivity index (χ3n) is 4.82. The van der Waals surface area contributed by atoms with Crippen molar-refractivity contribution in [3.05, 3.63) is 35.6 Å². The highest BCUT2D eigenvalue weighted by Crippen LogP contribution is 2.25. The first-order chi connectivity index (χ1) is 12.4. The maximum atomic E-state index is 6.12. The molecule has 1 aliphatic heterocycles. The maximum Gasteiger partial charge on any atom is 0.194 e. The predicted molar refractivity (Wildman–Crippen MR) is 107 cm³/mol. The Hall–Kier alpha value is -2.01. The molecule has 0 atom stereocenters. The van der Waals surface area contributed by atoms with Crippen molar-refractivity contribution in [2.45, 2.75) is 58.8 Å². The van der Waals surface area contributed by atoms with Crippen molar-refractivity contribution in [2.24, 2.45) is 4.99 Å². The Kier molecular flexibility index (Phi) is 5.56. The third-order valence-corrected chi connectivity index (χ3v) is 4.82. The van der Waals surface area contributed by atoms with Crippen molar-refractivity contribution >= 4 is 16.9 Å². The topological polar surface area (TPSA) is 50.0 Å². The number of likely N-dealkylation sites (tertiary alicyclic amines) is 1. The van der Waals surface area contributed by atoms with Crippen LogP contribution in [0.3, 0.4) is 0 Å². The van der Waals surface area contributed by atoms with Crippen LogP contribution in [-0.4, -0.2) is 42.7 Å². The van der Waals surface area contributed by atoms with E-state index >= 15 is 0 Å². The third kappa shape index (κ3) is 4.39. The van der Waals surface area contributed by atoms with Crippen LogP contribution in [0.5, 0.6) is 0 Å². The van der Waals surface area contributed by atoms with E-state index in [1.807, 2.05) is 25.2 Å². The Morgan fingerprint density at radius 2 is 1.96 bits per heavy atom. The number of benzene rings is 1. The van der Waals surface area contributed by atoms with Gasteiger partial charge in [0, 0.05) is 31.1 Å². The lowest BCUT2D eigenvalue weighted by Gasteiger charge is -2.36. The molecule has 1 saturated heterocycles. The molecule has 2 aromatic rings. The summed E-state index contributed by atoms with van der Waals surface area (Å²) in [5.41, 5.74) is 2.06. The second kappa shape index (κ2) is 7.70. The second-order valence-corrected chi connectivity index (χ2v) is 7.96. The van der Waals surface area contributed by atoms with E-state index in [0.717, 1.165) is 43.2 Å². The van der Waals surface area contributed by atoms with E-state index < -0.39 is 0 Å². The van der Waals surface area contributed by atoms with Crippen LogP contribution in [0.25, 0.3) is 11.0 Å². The van der Waals surface area contributed by atoms with Crippen molar-refractivity contribution in [2.75, 3.05) is 20.1 Å². The summed E-state index contributed by atoms with van der Waals surface area (Å²) >= 11 is 0. The monoisotopic (exact) mass is 357 g/mol. The number of para-hydroxylation sites is 1. The van der Waals surface area contributed by atoms with Crippen molar-refractivity contribution in [1.29, 1.82) is 0 Å². The number of aryl methyl sites for hydroxylation is 1. The van der Waals surface area contributed by atoms with E-state index in [-0.39, 0.29) is 5.60 Å². The van der Waals surface area contributed by atoms with Gasteiger partial charge in [0.25, 0.3) is 0 Å². The highest BCUT2D eigenvalue weighted by molar-refractivity contribution is 5.83. The van der Waals surface area contributed by atoms with Gasteiger partial charge in [-0.2, -0.15) is 0 Å². The Balaban J connectivity index is 1.58. The molecule has 5 heteroatoms. The molecule has 142 valence electrons. The van der Waals surface area contributed by atoms with Crippen LogP contribution in [0.15, 0.2) is 33.7 Å². The van der Waals surface area contributed by atoms with E-state index in [1.165, 1.54) is 10.9 Å². The lowest BCUT2D eigenvalue weighted by molar-refractivity contribution is -0.0772. The lowest BCUT2D eigenvalue weighted by atomic mass is 10.1. The first-order valence-corrected chi connectivity index (χ1v) is 9.48. The van der Waals surface area contributed by atoms with Gasteiger partial charge in [-0.1, -0.05) is 18.2 Å². The number of hydrogen-bond donors (Lipinski definition) is 1. The maximum absolute atomic E-state index is 6.12. The number of hydrogen-bond acceptors (Lipinski definition) is 3. The first kappa shape index (κ1) is 18.8. The van der Waals surface area contributed by atoms with Crippen molar-refractivity contribution in [1.82, 2.24) is 10.2 Å². The van der Waals surface area contributed by atoms with Crippen molar-refractivity contribution in [3.8, 4) is 0 Å². The molecular formula is C21H31N3O2. The Morgan fingerprint density at radius 3 is 2.58 bits per heavy atom. The van der Waals surface area contributed by atoms with Crippen molar-refractivity contribution < 1.29 is 9.15 Å². The lowest BCUT2D eigenvalue weighted by Crippen LogP contribution is -2.47. The summed E-state index contributed by atoms with van der Waals surface area (Å²) in [5.74, 6) is 1.90. The zero-order valence-electron chi connectivity index (χ0n) is 16.6. The summed E-state index contributed by atoms with van der Waals surface area (Å²) in [6.45, 7) is 11.0. The molecule has 1 fully saturated rings. The number of fused-ring (bicyclic) bond motifs is 1. The number of guanidine groups is 1. The summed E-state index contributed by atoms with van der Waals surface area (Å²) < 4.78 is 12.1. The Bertz CT molecular complexity index is 765. The van der Waals surface area contributed by atoms with Gasteiger partial charge in [-0.3, -0.25) is 4.99 Å². The molecule has 26 heavy (non-hydrogen) atoms. The van der Waals surface area contributed by atoms with E-state index in [4.69, 9.17) is 9.15 Å². The summed E-state index contributed by atoms with van der Waals surface area (Å²) in [7, 11) is 1.84. The highest BCUT2D eigenvalue weighted by Gasteiger charge is 2.25. The number of piperidine rings is 1. The quantitative estimate of drug-likeness (QED) is 0.664. The molecule has 0 bridgehead atoms. The van der Waals surface area contributed by atoms with Gasteiger partial charge in [0.05, 0.1) is 18.2 Å². The molecule has 0 saturated carbocycles. The molecular weight excluding hydrogens is 326 g/mol. The molecule has 1 N–H and O–H groups in total. The number of ether oxygens (including phenoxy) is 1. The molecule has 0 unspecified atom stereocenters. The largest absolute Gasteiger partial charge is 0.459 e. The van der Waals surface area contributed by atoms with Crippen LogP contribution >= 0.6 is 0 Å². The van der Waals surface area contributed by atoms with Gasteiger partial charge in [0.15, 0.2) is 5.96 Å². The van der Waals surface area contributed by atoms with Gasteiger partial charge in [0.1, 0.15) is 11.3 Å². The van der Waals surface area contributed by atoms with E-state index in [0.29, 0.717) is 12.6 Å². The van der Waals surface area contributed by atoms with Crippen LogP contribution in [0.1, 0.15) is 44.9 Å². The fourth-order valence-electron chi connectivity index (χ4n) is 3.57. The molecule has 1 aromatic carbocycles. The molecule has 2 heterocycles. The SMILES string of the molecule is CN=C(NCc1oc2ccccc2c1C)N1CCC(OC(C)(C)C)CC1. The van der Waals surface area contributed by atoms with Crippen LogP contribution < -0.4 is 5.32 Å². The standard InChI is InChI=1S/C21H31N3O2/c1-15-17-8-6-7-9-18(17)25-19(15)14-23-20(22-5)24-12-10-16(11-13-24)26-21(2,3)4/h6-9,16H,10-14H2,1-5H3,(H,22,23). The highest BCUT2D eigenvalue weighted by atomic mass is 16.5. The predicted octanol–water partition coefficient (Wildman–Crippen LogP) is 4.10. The number of nitrogens with one attached hydrogen (secondary N) is 1. The molecule has 0 amide bonds. The first-order valence-electron chi connectivity index (χ1n) is 9.48. The molecule has 3 rings (SSSR count). The Morgan fingerprint density at radius 1 is 1.27 bits per heavy atom. The average Bonchev–Trinajstić information content (AvgIpc) is 2.92. The van der Waals surface area contributed by atoms with Crippen LogP contribution in [0, 0.1) is 6.92 Å². The summed E-state index contributed by atoms with van der Waals surface area (Å²) in [4.78, 5) is 6.77. The smallest absolute Gasteiger partial charge is 0.194 e. The molecule has 0 radical (unpaired) electrons. The van der Waals surface area contributed by atoms with E-state index in [2.05, 4.69) is 49.0 Å². The van der Waals surface area contributed by atoms with Gasteiger partial charge in [-0.15, -0.1) is 0 Å². The zero-order valence-corrected chi connectivity index (χ0v) is 16.6. The molecule has 1 aliphatic rings. The van der Waals surface area contributed by atoms with Crippen LogP contribution in [0.2, 0.25) is 0 Å². The number of aliphatic imine (C=N–C) groups is 1. The number of nitrogens with zero attached hydrogens (tertiary/aromatic N) is 2. The minimum absolute atomic E-state index is 0.0778. The van der Waals surface area contributed by atoms with E-state index in [9.17, 15) is 0 Å². The Labute approximate surface area is 156 Å². The molecule has 0 spiro atoms. The number of rotatable bonds is 3. The van der Waals surface area contributed by atoms with Gasteiger partial charge >= 0.3 is 0 Å². The molecule has 0 aliphatic carbocycles. The minimum atomic E-state index is -0.0778. The average molecular weight is 357 g/mol. The molecule has 1 aromatic heterocycles. The van der Waals surface area contributed by atoms with Gasteiger partial charge in [-0.25, -0.2) is 0 Å². The van der Waals surface area contributed by atoms with Crippen LogP contribution in [0.4, 0.5) is 0 Å². The van der Waals surface area contributed by atoms with E-state index in [1.54, 1.807) is 0 Å². The second-order valence-electron chi connectivity index (χ2n) is 7.96. The zero-order chi connectivity index (χ0) is 18.7. The fourth-order valence-corrected chi connectivity index (χ4v) is 3.57. The summed E-state index contributed by atoms with van der Waals surface area (Å²) in [6.07, 6.45) is 2.39. The summed E-state index contributed by atoms with van der Waals surface area (Å²) in [6, 6.07) is 8.17. The normalized spacial score (nSPS) is 17.1. The van der Waals surface area contributed by atoms with Gasteiger partial charge in [-0.05, 0) is 46.6 Å².